The van der Waals surface area contributed by atoms with E-state index in [-0.39, 0.29) is 5.91 Å². The van der Waals surface area contributed by atoms with Gasteiger partial charge in [-0.15, -0.1) is 0 Å². The third-order valence-electron chi connectivity index (χ3n) is 3.19. The van der Waals surface area contributed by atoms with Crippen molar-refractivity contribution in [1.29, 1.82) is 0 Å². The van der Waals surface area contributed by atoms with Crippen molar-refractivity contribution < 1.29 is 14.7 Å². The van der Waals surface area contributed by atoms with Crippen LogP contribution in [0.1, 0.15) is 21.5 Å². The maximum absolute atomic E-state index is 11.3. The topological polar surface area (TPSA) is 69.6 Å². The summed E-state index contributed by atoms with van der Waals surface area (Å²) in [6.07, 6.45) is 0.853. The van der Waals surface area contributed by atoms with Gasteiger partial charge in [-0.2, -0.15) is 0 Å². The van der Waals surface area contributed by atoms with Crippen molar-refractivity contribution in [2.75, 3.05) is 20.1 Å². The van der Waals surface area contributed by atoms with E-state index in [2.05, 4.69) is 5.32 Å². The molecule has 1 aliphatic heterocycles. The molecule has 1 aromatic rings. The van der Waals surface area contributed by atoms with Gasteiger partial charge in [-0.3, -0.25) is 9.69 Å². The standard InChI is InChI=1S/C13H16N2O3/c1-14-12(16)8-15-5-4-9-2-3-10(13(17)18)6-11(9)7-15/h2-3,6H,4-5,7-8H2,1H3,(H,14,16)(H,17,18). The number of hydrogen-bond acceptors (Lipinski definition) is 3. The Kier molecular flexibility index (Phi) is 3.62. The highest BCUT2D eigenvalue weighted by atomic mass is 16.4. The molecule has 5 heteroatoms. The fourth-order valence-electron chi connectivity index (χ4n) is 2.17. The number of benzene rings is 1. The van der Waals surface area contributed by atoms with E-state index in [1.807, 2.05) is 11.0 Å². The number of likely N-dealkylation sites (N-methyl/N-ethyl adjacent to an activating group) is 1. The molecule has 0 unspecified atom stereocenters. The lowest BCUT2D eigenvalue weighted by Crippen LogP contribution is -2.38. The van der Waals surface area contributed by atoms with Crippen LogP contribution >= 0.6 is 0 Å². The zero-order valence-electron chi connectivity index (χ0n) is 10.3. The van der Waals surface area contributed by atoms with Gasteiger partial charge in [-0.1, -0.05) is 6.07 Å². The third kappa shape index (κ3) is 2.68. The quantitative estimate of drug-likeness (QED) is 0.816. The summed E-state index contributed by atoms with van der Waals surface area (Å²) in [5.74, 6) is -0.936. The van der Waals surface area contributed by atoms with Crippen molar-refractivity contribution in [2.24, 2.45) is 0 Å². The summed E-state index contributed by atoms with van der Waals surface area (Å²) in [6, 6.07) is 5.21. The zero-order valence-corrected chi connectivity index (χ0v) is 10.3. The summed E-state index contributed by atoms with van der Waals surface area (Å²) in [6.45, 7) is 1.81. The van der Waals surface area contributed by atoms with Crippen molar-refractivity contribution >= 4 is 11.9 Å². The van der Waals surface area contributed by atoms with Crippen LogP contribution in [0.25, 0.3) is 0 Å². The molecule has 0 atom stereocenters. The van der Waals surface area contributed by atoms with Gasteiger partial charge < -0.3 is 10.4 Å². The van der Waals surface area contributed by atoms with Gasteiger partial charge in [0.2, 0.25) is 5.91 Å². The Morgan fingerprint density at radius 2 is 2.17 bits per heavy atom. The van der Waals surface area contributed by atoms with Gasteiger partial charge >= 0.3 is 5.97 Å². The summed E-state index contributed by atoms with van der Waals surface area (Å²) in [7, 11) is 1.61. The highest BCUT2D eigenvalue weighted by Crippen LogP contribution is 2.20. The normalized spacial score (nSPS) is 14.9. The Bertz CT molecular complexity index is 485. The van der Waals surface area contributed by atoms with Crippen LogP contribution in [0.15, 0.2) is 18.2 Å². The number of carboxylic acid groups (broad SMARTS) is 1. The Labute approximate surface area is 105 Å². The van der Waals surface area contributed by atoms with E-state index in [0.29, 0.717) is 18.7 Å². The fourth-order valence-corrected chi connectivity index (χ4v) is 2.17. The number of hydrogen-bond donors (Lipinski definition) is 2. The van der Waals surface area contributed by atoms with E-state index in [1.54, 1.807) is 19.2 Å². The lowest BCUT2D eigenvalue weighted by molar-refractivity contribution is -0.121. The monoisotopic (exact) mass is 248 g/mol. The molecule has 0 spiro atoms. The van der Waals surface area contributed by atoms with Crippen LogP contribution in [-0.4, -0.2) is 42.0 Å². The van der Waals surface area contributed by atoms with Crippen LogP contribution < -0.4 is 5.32 Å². The summed E-state index contributed by atoms with van der Waals surface area (Å²) in [5.41, 5.74) is 2.48. The molecule has 0 saturated carbocycles. The molecule has 1 aromatic carbocycles. The number of carbonyl (C=O) groups excluding carboxylic acids is 1. The van der Waals surface area contributed by atoms with E-state index in [0.717, 1.165) is 18.5 Å². The molecule has 1 heterocycles. The van der Waals surface area contributed by atoms with Crippen molar-refractivity contribution in [3.8, 4) is 0 Å². The molecule has 1 amide bonds. The first-order valence-electron chi connectivity index (χ1n) is 5.88. The molecule has 18 heavy (non-hydrogen) atoms. The SMILES string of the molecule is CNC(=O)CN1CCc2ccc(C(=O)O)cc2C1. The van der Waals surface area contributed by atoms with Gasteiger partial charge in [0.25, 0.3) is 0 Å². The van der Waals surface area contributed by atoms with E-state index in [4.69, 9.17) is 5.11 Å². The Morgan fingerprint density at radius 3 is 2.83 bits per heavy atom. The minimum Gasteiger partial charge on any atom is -0.478 e. The van der Waals surface area contributed by atoms with Crippen molar-refractivity contribution in [3.05, 3.63) is 34.9 Å². The molecule has 0 aromatic heterocycles. The van der Waals surface area contributed by atoms with Gasteiger partial charge in [-0.05, 0) is 29.7 Å². The summed E-state index contributed by atoms with van der Waals surface area (Å²) in [5, 5.41) is 11.5. The Morgan fingerprint density at radius 1 is 1.39 bits per heavy atom. The maximum Gasteiger partial charge on any atom is 0.335 e. The van der Waals surface area contributed by atoms with Gasteiger partial charge in [0, 0.05) is 20.1 Å². The molecule has 2 N–H and O–H groups in total. The summed E-state index contributed by atoms with van der Waals surface area (Å²) >= 11 is 0. The lowest BCUT2D eigenvalue weighted by atomic mass is 9.97. The van der Waals surface area contributed by atoms with E-state index >= 15 is 0 Å². The summed E-state index contributed by atoms with van der Waals surface area (Å²) in [4.78, 5) is 24.3. The molecule has 0 saturated heterocycles. The first kappa shape index (κ1) is 12.6. The zero-order chi connectivity index (χ0) is 13.1. The largest absolute Gasteiger partial charge is 0.478 e. The molecule has 0 bridgehead atoms. The predicted octanol–water partition coefficient (Wildman–Crippen LogP) is 0.489. The molecule has 96 valence electrons. The minimum atomic E-state index is -0.916. The number of aromatic carboxylic acids is 1. The fraction of sp³-hybridized carbons (Fsp3) is 0.385. The molecular weight excluding hydrogens is 232 g/mol. The number of fused-ring (bicyclic) bond motifs is 1. The van der Waals surface area contributed by atoms with Crippen LogP contribution in [-0.2, 0) is 17.8 Å². The van der Waals surface area contributed by atoms with E-state index in [9.17, 15) is 9.59 Å². The first-order valence-corrected chi connectivity index (χ1v) is 5.88. The molecule has 0 aliphatic carbocycles. The molecule has 5 nitrogen and oxygen atoms in total. The average Bonchev–Trinajstić information content (AvgIpc) is 2.37. The van der Waals surface area contributed by atoms with Crippen molar-refractivity contribution in [3.63, 3.8) is 0 Å². The number of nitrogens with one attached hydrogen (secondary N) is 1. The number of carbonyl (C=O) groups is 2. The van der Waals surface area contributed by atoms with Crippen LogP contribution in [0.4, 0.5) is 0 Å². The average molecular weight is 248 g/mol. The van der Waals surface area contributed by atoms with Crippen LogP contribution in [0.3, 0.4) is 0 Å². The van der Waals surface area contributed by atoms with Crippen LogP contribution in [0.5, 0.6) is 0 Å². The first-order chi connectivity index (χ1) is 8.60. The van der Waals surface area contributed by atoms with Gasteiger partial charge in [0.15, 0.2) is 0 Å². The van der Waals surface area contributed by atoms with Gasteiger partial charge in [0.05, 0.1) is 12.1 Å². The minimum absolute atomic E-state index is 0.0205. The number of rotatable bonds is 3. The van der Waals surface area contributed by atoms with Crippen molar-refractivity contribution in [1.82, 2.24) is 10.2 Å². The van der Waals surface area contributed by atoms with Crippen molar-refractivity contribution in [2.45, 2.75) is 13.0 Å². The molecule has 1 aliphatic rings. The summed E-state index contributed by atoms with van der Waals surface area (Å²) < 4.78 is 0. The maximum atomic E-state index is 11.3. The molecular formula is C13H16N2O3. The molecule has 0 fully saturated rings. The number of amides is 1. The highest BCUT2D eigenvalue weighted by molar-refractivity contribution is 5.88. The second-order valence-electron chi connectivity index (χ2n) is 4.42. The smallest absolute Gasteiger partial charge is 0.335 e. The molecule has 0 radical (unpaired) electrons. The predicted molar refractivity (Wildman–Crippen MR) is 66.4 cm³/mol. The molecule has 2 rings (SSSR count). The second-order valence-corrected chi connectivity index (χ2v) is 4.42. The van der Waals surface area contributed by atoms with Gasteiger partial charge in [-0.25, -0.2) is 4.79 Å². The lowest BCUT2D eigenvalue weighted by Gasteiger charge is -2.28. The Balaban J connectivity index is 2.14. The van der Waals surface area contributed by atoms with Gasteiger partial charge in [0.1, 0.15) is 0 Å². The van der Waals surface area contributed by atoms with E-state index < -0.39 is 5.97 Å². The van der Waals surface area contributed by atoms with Crippen LogP contribution in [0, 0.1) is 0 Å². The van der Waals surface area contributed by atoms with E-state index in [1.165, 1.54) is 5.56 Å². The number of carboxylic acids is 1. The Hall–Kier alpha value is -1.88. The van der Waals surface area contributed by atoms with Crippen LogP contribution in [0.2, 0.25) is 0 Å². The highest BCUT2D eigenvalue weighted by Gasteiger charge is 2.19. The number of nitrogens with zero attached hydrogens (tertiary/aromatic N) is 1. The second kappa shape index (κ2) is 5.18. The third-order valence-corrected chi connectivity index (χ3v) is 3.19.